The van der Waals surface area contributed by atoms with Crippen molar-refractivity contribution < 1.29 is 14.9 Å². The molecule has 0 saturated heterocycles. The van der Waals surface area contributed by atoms with Crippen LogP contribution in [0.1, 0.15) is 0 Å². The van der Waals surface area contributed by atoms with Crippen LogP contribution in [0.2, 0.25) is 0 Å². The molecule has 0 amide bonds. The molecule has 0 fully saturated rings. The van der Waals surface area contributed by atoms with Gasteiger partial charge in [-0.3, -0.25) is 0 Å². The Labute approximate surface area is 60.8 Å². The van der Waals surface area contributed by atoms with Gasteiger partial charge in [0.15, 0.2) is 0 Å². The van der Waals surface area contributed by atoms with E-state index in [2.05, 4.69) is 4.74 Å². The van der Waals surface area contributed by atoms with Gasteiger partial charge in [0.05, 0.1) is 26.4 Å². The molecule has 0 aliphatic rings. The van der Waals surface area contributed by atoms with E-state index in [0.717, 1.165) is 0 Å². The van der Waals surface area contributed by atoms with Crippen molar-refractivity contribution in [3.8, 4) is 0 Å². The molecule has 0 rings (SSSR count). The summed E-state index contributed by atoms with van der Waals surface area (Å²) in [4.78, 5) is 0. The number of hydrogen-bond acceptors (Lipinski definition) is 3. The number of aliphatic hydroxyl groups is 2. The van der Waals surface area contributed by atoms with Crippen LogP contribution in [0, 0.1) is 0 Å². The molecule has 0 aromatic rings. The summed E-state index contributed by atoms with van der Waals surface area (Å²) < 4.78 is 4.63. The molecule has 45 valence electrons. The fourth-order valence-corrected chi connectivity index (χ4v) is 0.231. The van der Waals surface area contributed by atoms with Crippen LogP contribution < -0.4 is 0 Å². The van der Waals surface area contributed by atoms with Crippen molar-refractivity contribution in [1.82, 2.24) is 0 Å². The third-order valence-electron chi connectivity index (χ3n) is 0.471. The standard InChI is InChI=1S/C4H10O3.Li/c5-1-3-7-4-2-6;/h5-6H,1-4H2;. The van der Waals surface area contributed by atoms with E-state index in [1.54, 1.807) is 0 Å². The van der Waals surface area contributed by atoms with Crippen LogP contribution in [-0.4, -0.2) is 55.5 Å². The Hall–Kier alpha value is 0.477. The molecule has 0 aliphatic carbocycles. The maximum Gasteiger partial charge on any atom is 0.0698 e. The van der Waals surface area contributed by atoms with Gasteiger partial charge in [0.25, 0.3) is 0 Å². The Morgan fingerprint density at radius 2 is 1.38 bits per heavy atom. The molecule has 0 spiro atoms. The maximum absolute atomic E-state index is 8.09. The Bertz CT molecular complexity index is 30.5. The number of rotatable bonds is 4. The van der Waals surface area contributed by atoms with E-state index in [0.29, 0.717) is 13.2 Å². The van der Waals surface area contributed by atoms with E-state index in [1.807, 2.05) is 0 Å². The van der Waals surface area contributed by atoms with Gasteiger partial charge in [-0.1, -0.05) is 0 Å². The average molecular weight is 113 g/mol. The van der Waals surface area contributed by atoms with Gasteiger partial charge in [-0.15, -0.1) is 0 Å². The van der Waals surface area contributed by atoms with Crippen molar-refractivity contribution in [3.63, 3.8) is 0 Å². The van der Waals surface area contributed by atoms with Gasteiger partial charge in [0.1, 0.15) is 0 Å². The first-order chi connectivity index (χ1) is 3.41. The van der Waals surface area contributed by atoms with Gasteiger partial charge >= 0.3 is 0 Å². The van der Waals surface area contributed by atoms with Crippen LogP contribution in [0.25, 0.3) is 0 Å². The second-order valence-electron chi connectivity index (χ2n) is 1.06. The van der Waals surface area contributed by atoms with Gasteiger partial charge in [0.2, 0.25) is 0 Å². The smallest absolute Gasteiger partial charge is 0.0698 e. The first-order valence-corrected chi connectivity index (χ1v) is 2.21. The molecule has 0 saturated carbocycles. The van der Waals surface area contributed by atoms with Crippen molar-refractivity contribution in [2.45, 2.75) is 0 Å². The Morgan fingerprint density at radius 1 is 1.00 bits per heavy atom. The maximum atomic E-state index is 8.09. The fraction of sp³-hybridized carbons (Fsp3) is 1.00. The van der Waals surface area contributed by atoms with Crippen LogP contribution >= 0.6 is 0 Å². The zero-order chi connectivity index (χ0) is 5.54. The zero-order valence-corrected chi connectivity index (χ0v) is 5.13. The van der Waals surface area contributed by atoms with Gasteiger partial charge in [-0.25, -0.2) is 0 Å². The van der Waals surface area contributed by atoms with E-state index >= 15 is 0 Å². The SMILES string of the molecule is OCCOCCO.[Li]. The summed E-state index contributed by atoms with van der Waals surface area (Å²) in [6.45, 7) is 0.696. The predicted octanol–water partition coefficient (Wildman–Crippen LogP) is -1.39. The summed E-state index contributed by atoms with van der Waals surface area (Å²) in [7, 11) is 0. The molecule has 8 heavy (non-hydrogen) atoms. The van der Waals surface area contributed by atoms with Crippen LogP contribution in [0.15, 0.2) is 0 Å². The topological polar surface area (TPSA) is 49.7 Å². The second kappa shape index (κ2) is 10.5. The molecule has 4 heteroatoms. The quantitative estimate of drug-likeness (QED) is 0.348. The second-order valence-corrected chi connectivity index (χ2v) is 1.06. The molecule has 0 heterocycles. The van der Waals surface area contributed by atoms with Crippen molar-refractivity contribution in [3.05, 3.63) is 0 Å². The van der Waals surface area contributed by atoms with Crippen LogP contribution in [0.4, 0.5) is 0 Å². The summed E-state index contributed by atoms with van der Waals surface area (Å²) in [6.07, 6.45) is 0. The fourth-order valence-electron chi connectivity index (χ4n) is 0.231. The molecular formula is C4H10LiO3. The molecule has 0 aromatic carbocycles. The van der Waals surface area contributed by atoms with Gasteiger partial charge < -0.3 is 14.9 Å². The van der Waals surface area contributed by atoms with Gasteiger partial charge in [-0.2, -0.15) is 0 Å². The van der Waals surface area contributed by atoms with E-state index in [4.69, 9.17) is 10.2 Å². The van der Waals surface area contributed by atoms with Crippen LogP contribution in [-0.2, 0) is 4.74 Å². The Balaban J connectivity index is 0. The molecule has 1 radical (unpaired) electrons. The molecule has 2 N–H and O–H groups in total. The first-order valence-electron chi connectivity index (χ1n) is 2.21. The summed E-state index contributed by atoms with van der Waals surface area (Å²) in [5.41, 5.74) is 0. The summed E-state index contributed by atoms with van der Waals surface area (Å²) >= 11 is 0. The largest absolute Gasteiger partial charge is 0.394 e. The first kappa shape index (κ1) is 11.3. The number of ether oxygens (including phenoxy) is 1. The molecule has 0 aliphatic heterocycles. The van der Waals surface area contributed by atoms with Crippen molar-refractivity contribution in [1.29, 1.82) is 0 Å². The Kier molecular flexibility index (Phi) is 14.8. The van der Waals surface area contributed by atoms with Crippen molar-refractivity contribution in [2.75, 3.05) is 26.4 Å². The molecule has 0 aromatic heterocycles. The molecule has 3 nitrogen and oxygen atoms in total. The molecule has 0 atom stereocenters. The molecule has 0 bridgehead atoms. The zero-order valence-electron chi connectivity index (χ0n) is 5.13. The summed E-state index contributed by atoms with van der Waals surface area (Å²) in [5.74, 6) is 0. The van der Waals surface area contributed by atoms with Gasteiger partial charge in [-0.05, 0) is 0 Å². The summed E-state index contributed by atoms with van der Waals surface area (Å²) in [6, 6.07) is 0. The van der Waals surface area contributed by atoms with E-state index in [-0.39, 0.29) is 32.1 Å². The average Bonchev–Trinajstić information content (AvgIpc) is 1.69. The van der Waals surface area contributed by atoms with Crippen LogP contribution in [0.5, 0.6) is 0 Å². The minimum absolute atomic E-state index is 0. The van der Waals surface area contributed by atoms with Gasteiger partial charge in [0, 0.05) is 18.9 Å². The van der Waals surface area contributed by atoms with Crippen molar-refractivity contribution in [2.24, 2.45) is 0 Å². The van der Waals surface area contributed by atoms with Crippen molar-refractivity contribution >= 4 is 18.9 Å². The van der Waals surface area contributed by atoms with E-state index in [1.165, 1.54) is 0 Å². The molecule has 0 unspecified atom stereocenters. The summed E-state index contributed by atoms with van der Waals surface area (Å²) in [5, 5.41) is 16.2. The number of aliphatic hydroxyl groups excluding tert-OH is 2. The normalized spacial score (nSPS) is 8.25. The predicted molar refractivity (Wildman–Crippen MR) is 30.7 cm³/mol. The van der Waals surface area contributed by atoms with Crippen LogP contribution in [0.3, 0.4) is 0 Å². The minimum atomic E-state index is 0. The molecular weight excluding hydrogens is 103 g/mol. The third-order valence-corrected chi connectivity index (χ3v) is 0.471. The Morgan fingerprint density at radius 3 is 1.62 bits per heavy atom. The minimum Gasteiger partial charge on any atom is -0.394 e. The van der Waals surface area contributed by atoms with E-state index < -0.39 is 0 Å². The number of hydrogen-bond donors (Lipinski definition) is 2. The van der Waals surface area contributed by atoms with E-state index in [9.17, 15) is 0 Å². The monoisotopic (exact) mass is 113 g/mol. The third kappa shape index (κ3) is 9.69.